The first-order valence-electron chi connectivity index (χ1n) is 7.26. The first-order chi connectivity index (χ1) is 12.1. The zero-order valence-corrected chi connectivity index (χ0v) is 14.9. The predicted molar refractivity (Wildman–Crippen MR) is 93.7 cm³/mol. The average Bonchev–Trinajstić information content (AvgIpc) is 2.84. The van der Waals surface area contributed by atoms with Gasteiger partial charge >= 0.3 is 12.2 Å². The largest absolute Gasteiger partial charge is 0.435 e. The van der Waals surface area contributed by atoms with E-state index in [4.69, 9.17) is 11.6 Å². The Kier molecular flexibility index (Phi) is 5.76. The van der Waals surface area contributed by atoms with Gasteiger partial charge in [0, 0.05) is 32.5 Å². The number of urea groups is 1. The number of nitrogens with one attached hydrogen (secondary N) is 2. The van der Waals surface area contributed by atoms with E-state index in [1.54, 1.807) is 24.3 Å². The van der Waals surface area contributed by atoms with Crippen LogP contribution in [0.4, 0.5) is 29.3 Å². The van der Waals surface area contributed by atoms with Gasteiger partial charge in [-0.15, -0.1) is 0 Å². The van der Waals surface area contributed by atoms with E-state index in [9.17, 15) is 18.0 Å². The summed E-state index contributed by atoms with van der Waals surface area (Å²) in [7, 11) is 5.03. The zero-order chi connectivity index (χ0) is 19.5. The van der Waals surface area contributed by atoms with Crippen LogP contribution < -0.4 is 15.6 Å². The number of hydrogen-bond donors (Lipinski definition) is 2. The minimum Gasteiger partial charge on any atom is -0.378 e. The first-order valence-corrected chi connectivity index (χ1v) is 7.64. The molecule has 0 aliphatic rings. The van der Waals surface area contributed by atoms with Gasteiger partial charge in [-0.05, 0) is 24.3 Å². The zero-order valence-electron chi connectivity index (χ0n) is 14.1. The second kappa shape index (κ2) is 7.65. The molecular formula is C15H16ClF3N6O. The minimum absolute atomic E-state index is 0.248. The highest BCUT2D eigenvalue weighted by atomic mass is 35.5. The molecule has 140 valence electrons. The van der Waals surface area contributed by atoms with E-state index in [2.05, 4.69) is 20.9 Å². The molecule has 0 unspecified atom stereocenters. The van der Waals surface area contributed by atoms with Crippen molar-refractivity contribution in [3.05, 3.63) is 40.7 Å². The van der Waals surface area contributed by atoms with E-state index < -0.39 is 23.5 Å². The van der Waals surface area contributed by atoms with Crippen LogP contribution in [0.1, 0.15) is 11.3 Å². The van der Waals surface area contributed by atoms with E-state index in [1.165, 1.54) is 7.05 Å². The van der Waals surface area contributed by atoms with Crippen LogP contribution in [0.2, 0.25) is 5.15 Å². The summed E-state index contributed by atoms with van der Waals surface area (Å²) >= 11 is 5.78. The molecule has 0 saturated carbocycles. The normalized spacial score (nSPS) is 11.7. The number of hydrogen-bond acceptors (Lipinski definition) is 4. The molecule has 0 saturated heterocycles. The number of anilines is 2. The second-order valence-corrected chi connectivity index (χ2v) is 5.80. The van der Waals surface area contributed by atoms with Crippen LogP contribution in [0.15, 0.2) is 29.4 Å². The summed E-state index contributed by atoms with van der Waals surface area (Å²) < 4.78 is 39.6. The van der Waals surface area contributed by atoms with Crippen LogP contribution in [0.3, 0.4) is 0 Å². The van der Waals surface area contributed by atoms with Gasteiger partial charge in [-0.3, -0.25) is 4.68 Å². The maximum Gasteiger partial charge on any atom is 0.435 e. The highest BCUT2D eigenvalue weighted by Gasteiger charge is 2.38. The van der Waals surface area contributed by atoms with Gasteiger partial charge < -0.3 is 10.2 Å². The Morgan fingerprint density at radius 3 is 2.46 bits per heavy atom. The van der Waals surface area contributed by atoms with Crippen LogP contribution in [-0.4, -0.2) is 36.1 Å². The summed E-state index contributed by atoms with van der Waals surface area (Å²) in [6.07, 6.45) is -3.89. The third-order valence-electron chi connectivity index (χ3n) is 3.28. The van der Waals surface area contributed by atoms with Crippen LogP contribution >= 0.6 is 11.6 Å². The first kappa shape index (κ1) is 19.6. The Morgan fingerprint density at radius 1 is 1.31 bits per heavy atom. The summed E-state index contributed by atoms with van der Waals surface area (Å²) in [4.78, 5) is 13.7. The summed E-state index contributed by atoms with van der Waals surface area (Å²) in [6, 6.07) is 6.23. The van der Waals surface area contributed by atoms with Crippen molar-refractivity contribution in [1.29, 1.82) is 0 Å². The van der Waals surface area contributed by atoms with E-state index in [1.807, 2.05) is 19.0 Å². The lowest BCUT2D eigenvalue weighted by atomic mass is 10.2. The molecule has 0 fully saturated rings. The molecule has 0 bridgehead atoms. The van der Waals surface area contributed by atoms with Gasteiger partial charge in [0.2, 0.25) is 0 Å². The molecule has 2 rings (SSSR count). The highest BCUT2D eigenvalue weighted by molar-refractivity contribution is 6.32. The number of aromatic nitrogens is 2. The van der Waals surface area contributed by atoms with E-state index >= 15 is 0 Å². The van der Waals surface area contributed by atoms with Crippen LogP contribution in [0, 0.1) is 0 Å². The minimum atomic E-state index is -4.69. The number of aryl methyl sites for hydroxylation is 1. The predicted octanol–water partition coefficient (Wildman–Crippen LogP) is 3.31. The van der Waals surface area contributed by atoms with E-state index in [-0.39, 0.29) is 5.15 Å². The SMILES string of the molecule is CN(C)c1ccc(NC(=O)NN=Cc2c(C(F)(F)F)nn(C)c2Cl)cc1. The van der Waals surface area contributed by atoms with Crippen molar-refractivity contribution in [2.45, 2.75) is 6.18 Å². The molecule has 0 spiro atoms. The fourth-order valence-corrected chi connectivity index (χ4v) is 2.18. The third kappa shape index (κ3) is 4.66. The van der Waals surface area contributed by atoms with Gasteiger partial charge in [-0.2, -0.15) is 23.4 Å². The Bertz CT molecular complexity index is 814. The van der Waals surface area contributed by atoms with Crippen molar-refractivity contribution in [2.24, 2.45) is 12.1 Å². The lowest BCUT2D eigenvalue weighted by molar-refractivity contribution is -0.141. The van der Waals surface area contributed by atoms with Gasteiger partial charge in [0.25, 0.3) is 0 Å². The molecule has 0 radical (unpaired) electrons. The number of halogens is 4. The number of alkyl halides is 3. The third-order valence-corrected chi connectivity index (χ3v) is 3.73. The number of hydrazone groups is 1. The van der Waals surface area contributed by atoms with Gasteiger partial charge in [-0.25, -0.2) is 10.2 Å². The fraction of sp³-hybridized carbons (Fsp3) is 0.267. The molecule has 1 heterocycles. The molecular weight excluding hydrogens is 373 g/mol. The topological polar surface area (TPSA) is 74.6 Å². The van der Waals surface area contributed by atoms with Crippen molar-refractivity contribution in [1.82, 2.24) is 15.2 Å². The van der Waals surface area contributed by atoms with Gasteiger partial charge in [0.1, 0.15) is 5.15 Å². The number of carbonyl (C=O) groups is 1. The van der Waals surface area contributed by atoms with Crippen molar-refractivity contribution in [3.8, 4) is 0 Å². The van der Waals surface area contributed by atoms with Crippen molar-refractivity contribution in [3.63, 3.8) is 0 Å². The average molecular weight is 389 g/mol. The molecule has 2 aromatic rings. The molecule has 0 aliphatic carbocycles. The van der Waals surface area contributed by atoms with Gasteiger partial charge in [-0.1, -0.05) is 11.6 Å². The lowest BCUT2D eigenvalue weighted by Crippen LogP contribution is -2.24. The van der Waals surface area contributed by atoms with Crippen LogP contribution in [0.25, 0.3) is 0 Å². The Labute approximate surface area is 152 Å². The Morgan fingerprint density at radius 2 is 1.92 bits per heavy atom. The molecule has 26 heavy (non-hydrogen) atoms. The molecule has 7 nitrogen and oxygen atoms in total. The van der Waals surface area contributed by atoms with Gasteiger partial charge in [0.05, 0.1) is 11.8 Å². The van der Waals surface area contributed by atoms with Crippen LogP contribution in [-0.2, 0) is 13.2 Å². The maximum atomic E-state index is 12.9. The van der Waals surface area contributed by atoms with Crippen LogP contribution in [0.5, 0.6) is 0 Å². The maximum absolute atomic E-state index is 12.9. The Balaban J connectivity index is 2.03. The fourth-order valence-electron chi connectivity index (χ4n) is 2.00. The molecule has 11 heteroatoms. The quantitative estimate of drug-likeness (QED) is 0.623. The standard InChI is InChI=1S/C15H16ClF3N6O/c1-24(2)10-6-4-9(5-7-10)21-14(26)22-20-8-11-12(15(17,18)19)23-25(3)13(11)16/h4-8H,1-3H3,(H2,21,22,26). The highest BCUT2D eigenvalue weighted by Crippen LogP contribution is 2.33. The summed E-state index contributed by atoms with van der Waals surface area (Å²) in [6.45, 7) is 0. The molecule has 1 aromatic carbocycles. The molecule has 2 amide bonds. The van der Waals surface area contributed by atoms with Crippen molar-refractivity contribution in [2.75, 3.05) is 24.3 Å². The molecule has 0 atom stereocenters. The van der Waals surface area contributed by atoms with Crippen molar-refractivity contribution < 1.29 is 18.0 Å². The monoisotopic (exact) mass is 388 g/mol. The number of carbonyl (C=O) groups excluding carboxylic acids is 1. The van der Waals surface area contributed by atoms with Crippen molar-refractivity contribution >= 4 is 35.2 Å². The molecule has 0 aliphatic heterocycles. The molecule has 1 aromatic heterocycles. The van der Waals surface area contributed by atoms with E-state index in [0.717, 1.165) is 16.6 Å². The number of rotatable bonds is 4. The van der Waals surface area contributed by atoms with Gasteiger partial charge in [0.15, 0.2) is 5.69 Å². The summed E-state index contributed by atoms with van der Waals surface area (Å²) in [5.41, 5.74) is 1.90. The summed E-state index contributed by atoms with van der Waals surface area (Å²) in [5, 5.41) is 9.06. The number of nitrogens with zero attached hydrogens (tertiary/aromatic N) is 4. The molecule has 2 N–H and O–H groups in total. The smallest absolute Gasteiger partial charge is 0.378 e. The van der Waals surface area contributed by atoms with E-state index in [0.29, 0.717) is 5.69 Å². The number of amides is 2. The number of benzene rings is 1. The summed E-state index contributed by atoms with van der Waals surface area (Å²) in [5.74, 6) is 0. The Hall–Kier alpha value is -2.75. The second-order valence-electron chi connectivity index (χ2n) is 5.44. The lowest BCUT2D eigenvalue weighted by Gasteiger charge is -2.12.